The van der Waals surface area contributed by atoms with Crippen LogP contribution in [0.1, 0.15) is 12.8 Å². The number of hydrogen-bond donors (Lipinski definition) is 1. The lowest BCUT2D eigenvalue weighted by atomic mass is 9.99. The maximum Gasteiger partial charge on any atom is 0.118 e. The molecule has 8 heavy (non-hydrogen) atoms. The molecule has 0 spiro atoms. The summed E-state index contributed by atoms with van der Waals surface area (Å²) in [7, 11) is 2.22. The summed E-state index contributed by atoms with van der Waals surface area (Å²) < 4.78 is 0. The minimum Gasteiger partial charge on any atom is -0.395 e. The van der Waals surface area contributed by atoms with Gasteiger partial charge >= 0.3 is 0 Å². The molecule has 1 aliphatic rings. The highest BCUT2D eigenvalue weighted by Crippen LogP contribution is 2.30. The minimum absolute atomic E-state index is 0.370. The van der Waals surface area contributed by atoms with Crippen LogP contribution in [0.5, 0.6) is 0 Å². The highest BCUT2D eigenvalue weighted by atomic mass is 32.2. The first kappa shape index (κ1) is 6.49. The zero-order valence-electron chi connectivity index (χ0n) is 5.13. The molecule has 3 heteroatoms. The second-order valence-electron chi connectivity index (χ2n) is 2.33. The zero-order chi connectivity index (χ0) is 5.98. The van der Waals surface area contributed by atoms with Gasteiger partial charge < -0.3 is 5.11 Å². The van der Waals surface area contributed by atoms with Gasteiger partial charge in [0.25, 0.3) is 0 Å². The summed E-state index contributed by atoms with van der Waals surface area (Å²) in [5.41, 5.74) is 0. The molecule has 1 fully saturated rings. The molecule has 0 aromatic heterocycles. The summed E-state index contributed by atoms with van der Waals surface area (Å²) in [5.74, 6) is 0. The molecule has 0 amide bonds. The maximum absolute atomic E-state index is 8.66. The van der Waals surface area contributed by atoms with Crippen LogP contribution in [-0.2, 0) is 0 Å². The molecule has 1 aliphatic heterocycles. The number of hydrogen-bond acceptors (Lipinski definition) is 2. The van der Waals surface area contributed by atoms with Gasteiger partial charge in [0.2, 0.25) is 0 Å². The van der Waals surface area contributed by atoms with Crippen LogP contribution in [0, 0.1) is 0 Å². The third kappa shape index (κ3) is 1.42. The van der Waals surface area contributed by atoms with Gasteiger partial charge in [0.1, 0.15) is 7.85 Å². The van der Waals surface area contributed by atoms with Crippen molar-refractivity contribution < 1.29 is 5.11 Å². The Labute approximate surface area is 55.3 Å². The topological polar surface area (TPSA) is 20.2 Å². The average Bonchev–Trinajstić information content (AvgIpc) is 2.14. The van der Waals surface area contributed by atoms with Gasteiger partial charge in [-0.1, -0.05) is 0 Å². The van der Waals surface area contributed by atoms with Gasteiger partial charge in [-0.25, -0.2) is 0 Å². The van der Waals surface area contributed by atoms with E-state index in [4.69, 9.17) is 5.11 Å². The molecule has 1 heterocycles. The van der Waals surface area contributed by atoms with Gasteiger partial charge in [0.15, 0.2) is 0 Å². The first-order chi connectivity index (χ1) is 3.83. The van der Waals surface area contributed by atoms with Crippen LogP contribution in [0.25, 0.3) is 0 Å². The summed E-state index contributed by atoms with van der Waals surface area (Å²) >= 11 is 1.92. The molecular weight excluding hydrogens is 119 g/mol. The highest BCUT2D eigenvalue weighted by Gasteiger charge is 2.20. The van der Waals surface area contributed by atoms with E-state index in [-0.39, 0.29) is 0 Å². The number of thioether (sulfide) groups is 1. The molecule has 0 aliphatic carbocycles. The molecule has 1 saturated heterocycles. The Morgan fingerprint density at radius 1 is 1.62 bits per heavy atom. The monoisotopic (exact) mass is 130 g/mol. The first-order valence-corrected chi connectivity index (χ1v) is 4.03. The predicted molar refractivity (Wildman–Crippen MR) is 40.0 cm³/mol. The summed E-state index contributed by atoms with van der Waals surface area (Å²) in [6, 6.07) is 0. The lowest BCUT2D eigenvalue weighted by Crippen LogP contribution is -2.02. The standard InChI is InChI=1S/C5H11BOS/c6-5-2-1-4(3-7)8-5/h4-5,7H,1-3,6H2/t4?,5-/m1/s1. The number of rotatable bonds is 1. The third-order valence-electron chi connectivity index (χ3n) is 1.52. The van der Waals surface area contributed by atoms with E-state index in [2.05, 4.69) is 7.85 Å². The second kappa shape index (κ2) is 2.78. The van der Waals surface area contributed by atoms with Gasteiger partial charge in [-0.3, -0.25) is 0 Å². The van der Waals surface area contributed by atoms with E-state index in [1.807, 2.05) is 11.8 Å². The summed E-state index contributed by atoms with van der Waals surface area (Å²) in [6.45, 7) is 0.370. The molecule has 1 nitrogen and oxygen atoms in total. The Hall–Kier alpha value is 0.375. The van der Waals surface area contributed by atoms with Gasteiger partial charge in [-0.05, 0) is 18.0 Å². The summed E-state index contributed by atoms with van der Waals surface area (Å²) in [6.07, 6.45) is 2.50. The van der Waals surface area contributed by atoms with Gasteiger partial charge in [-0.15, -0.1) is 0 Å². The van der Waals surface area contributed by atoms with Crippen molar-refractivity contribution in [3.63, 3.8) is 0 Å². The van der Waals surface area contributed by atoms with E-state index in [1.54, 1.807) is 0 Å². The third-order valence-corrected chi connectivity index (χ3v) is 2.99. The van der Waals surface area contributed by atoms with E-state index in [9.17, 15) is 0 Å². The molecule has 0 radical (unpaired) electrons. The number of aliphatic hydroxyl groups is 1. The summed E-state index contributed by atoms with van der Waals surface area (Å²) in [4.78, 5) is 0. The number of aliphatic hydroxyl groups excluding tert-OH is 1. The van der Waals surface area contributed by atoms with Crippen molar-refractivity contribution in [3.05, 3.63) is 0 Å². The van der Waals surface area contributed by atoms with Crippen molar-refractivity contribution in [1.29, 1.82) is 0 Å². The molecular formula is C5H11BOS. The maximum atomic E-state index is 8.66. The van der Waals surface area contributed by atoms with Crippen LogP contribution in [-0.4, -0.2) is 30.0 Å². The van der Waals surface area contributed by atoms with E-state index >= 15 is 0 Å². The van der Waals surface area contributed by atoms with Crippen LogP contribution in [0.3, 0.4) is 0 Å². The SMILES string of the molecule is B[C@H]1CCC(CO)S1. The van der Waals surface area contributed by atoms with Gasteiger partial charge in [0.05, 0.1) is 6.61 Å². The van der Waals surface area contributed by atoms with Gasteiger partial charge in [0, 0.05) is 5.25 Å². The lowest BCUT2D eigenvalue weighted by molar-refractivity contribution is 0.292. The van der Waals surface area contributed by atoms with Crippen molar-refractivity contribution in [2.45, 2.75) is 23.2 Å². The Bertz CT molecular complexity index is 78.8. The molecule has 1 rings (SSSR count). The van der Waals surface area contributed by atoms with Crippen molar-refractivity contribution in [2.75, 3.05) is 6.61 Å². The first-order valence-electron chi connectivity index (χ1n) is 3.09. The molecule has 46 valence electrons. The van der Waals surface area contributed by atoms with Crippen LogP contribution < -0.4 is 0 Å². The van der Waals surface area contributed by atoms with Crippen molar-refractivity contribution in [1.82, 2.24) is 0 Å². The molecule has 0 aromatic carbocycles. The van der Waals surface area contributed by atoms with E-state index in [1.165, 1.54) is 12.8 Å². The molecule has 0 aromatic rings. The van der Waals surface area contributed by atoms with Gasteiger partial charge in [-0.2, -0.15) is 11.8 Å². The largest absolute Gasteiger partial charge is 0.395 e. The zero-order valence-corrected chi connectivity index (χ0v) is 5.95. The quantitative estimate of drug-likeness (QED) is 0.497. The van der Waals surface area contributed by atoms with Crippen molar-refractivity contribution in [2.24, 2.45) is 0 Å². The molecule has 1 N–H and O–H groups in total. The van der Waals surface area contributed by atoms with Crippen LogP contribution >= 0.6 is 11.8 Å². The predicted octanol–water partition coefficient (Wildman–Crippen LogP) is -0.167. The second-order valence-corrected chi connectivity index (χ2v) is 4.07. The fourth-order valence-electron chi connectivity index (χ4n) is 1.02. The molecule has 1 unspecified atom stereocenters. The molecule has 0 bridgehead atoms. The lowest BCUT2D eigenvalue weighted by Gasteiger charge is -2.01. The highest BCUT2D eigenvalue weighted by molar-refractivity contribution is 8.01. The van der Waals surface area contributed by atoms with E-state index < -0.39 is 0 Å². The van der Waals surface area contributed by atoms with Crippen molar-refractivity contribution in [3.8, 4) is 0 Å². The van der Waals surface area contributed by atoms with E-state index in [0.29, 0.717) is 11.9 Å². The Morgan fingerprint density at radius 3 is 2.62 bits per heavy atom. The fraction of sp³-hybridized carbons (Fsp3) is 1.00. The normalized spacial score (nSPS) is 38.1. The molecule has 2 atom stereocenters. The molecule has 0 saturated carbocycles. The average molecular weight is 130 g/mol. The van der Waals surface area contributed by atoms with Crippen LogP contribution in [0.15, 0.2) is 0 Å². The Balaban J connectivity index is 2.22. The fourth-order valence-corrected chi connectivity index (χ4v) is 2.31. The van der Waals surface area contributed by atoms with Crippen LogP contribution in [0.4, 0.5) is 0 Å². The van der Waals surface area contributed by atoms with E-state index in [0.717, 1.165) is 5.15 Å². The Morgan fingerprint density at radius 2 is 2.38 bits per heavy atom. The van der Waals surface area contributed by atoms with Crippen molar-refractivity contribution >= 4 is 19.6 Å². The smallest absolute Gasteiger partial charge is 0.118 e. The minimum atomic E-state index is 0.370. The summed E-state index contributed by atoms with van der Waals surface area (Å²) in [5, 5.41) is 9.99. The Kier molecular flexibility index (Phi) is 2.26. The van der Waals surface area contributed by atoms with Crippen LogP contribution in [0.2, 0.25) is 0 Å².